The highest BCUT2D eigenvalue weighted by molar-refractivity contribution is 5.79. The molecule has 0 bridgehead atoms. The lowest BCUT2D eigenvalue weighted by molar-refractivity contribution is -0.132. The van der Waals surface area contributed by atoms with Gasteiger partial charge in [-0.1, -0.05) is 17.9 Å². The molecule has 2 aliphatic rings. The van der Waals surface area contributed by atoms with Gasteiger partial charge >= 0.3 is 0 Å². The minimum Gasteiger partial charge on any atom is -0.369 e. The van der Waals surface area contributed by atoms with E-state index in [1.165, 1.54) is 5.56 Å². The maximum atomic E-state index is 12.1. The van der Waals surface area contributed by atoms with Crippen LogP contribution in [0.25, 0.3) is 0 Å². The Morgan fingerprint density at radius 1 is 1.25 bits per heavy atom. The number of amides is 2. The molecule has 0 radical (unpaired) electrons. The third kappa shape index (κ3) is 4.52. The fourth-order valence-corrected chi connectivity index (χ4v) is 4.05. The first-order valence-corrected chi connectivity index (χ1v) is 9.79. The van der Waals surface area contributed by atoms with Gasteiger partial charge in [-0.2, -0.15) is 5.26 Å². The van der Waals surface area contributed by atoms with Gasteiger partial charge in [0, 0.05) is 18.0 Å². The number of hydrogen-bond acceptors (Lipinski definition) is 4. The second kappa shape index (κ2) is 8.91. The number of fused-ring (bicyclic) bond motifs is 1. The predicted molar refractivity (Wildman–Crippen MR) is 106 cm³/mol. The summed E-state index contributed by atoms with van der Waals surface area (Å²) < 4.78 is 0. The molecule has 146 valence electrons. The van der Waals surface area contributed by atoms with E-state index in [1.807, 2.05) is 25.1 Å². The molecule has 2 N–H and O–H groups in total. The first kappa shape index (κ1) is 19.9. The van der Waals surface area contributed by atoms with Crippen LogP contribution in [0.15, 0.2) is 18.2 Å². The van der Waals surface area contributed by atoms with Crippen molar-refractivity contribution in [2.75, 3.05) is 26.2 Å². The number of hydrogen-bond donors (Lipinski definition) is 1. The number of likely N-dealkylation sites (tertiary alicyclic amines) is 1. The van der Waals surface area contributed by atoms with Crippen LogP contribution in [0.3, 0.4) is 0 Å². The lowest BCUT2D eigenvalue weighted by Gasteiger charge is -2.35. The molecule has 0 aliphatic carbocycles. The maximum Gasteiger partial charge on any atom is 0.237 e. The molecule has 2 amide bonds. The fraction of sp³-hybridized carbons (Fsp3) is 0.500. The molecule has 1 saturated heterocycles. The van der Waals surface area contributed by atoms with Crippen LogP contribution in [0.5, 0.6) is 0 Å². The van der Waals surface area contributed by atoms with Crippen LogP contribution in [0, 0.1) is 29.1 Å². The minimum absolute atomic E-state index is 0.00597. The van der Waals surface area contributed by atoms with E-state index in [9.17, 15) is 9.59 Å². The van der Waals surface area contributed by atoms with Gasteiger partial charge in [0.2, 0.25) is 11.8 Å². The van der Waals surface area contributed by atoms with Crippen LogP contribution in [0.2, 0.25) is 0 Å². The van der Waals surface area contributed by atoms with E-state index in [4.69, 9.17) is 11.0 Å². The molecule has 6 nitrogen and oxygen atoms in total. The van der Waals surface area contributed by atoms with Gasteiger partial charge in [-0.25, -0.2) is 0 Å². The van der Waals surface area contributed by atoms with Crippen LogP contribution in [0.4, 0.5) is 0 Å². The molecule has 0 spiro atoms. The quantitative estimate of drug-likeness (QED) is 0.809. The Labute approximate surface area is 166 Å². The van der Waals surface area contributed by atoms with Gasteiger partial charge in [0.15, 0.2) is 0 Å². The summed E-state index contributed by atoms with van der Waals surface area (Å²) in [7, 11) is 0. The van der Waals surface area contributed by atoms with Crippen molar-refractivity contribution in [3.63, 3.8) is 0 Å². The van der Waals surface area contributed by atoms with Gasteiger partial charge in [0.1, 0.15) is 6.42 Å². The molecule has 1 unspecified atom stereocenters. The summed E-state index contributed by atoms with van der Waals surface area (Å²) in [5.74, 6) is 6.18. The maximum absolute atomic E-state index is 12.1. The summed E-state index contributed by atoms with van der Waals surface area (Å²) in [6.45, 7) is 5.05. The highest BCUT2D eigenvalue weighted by Gasteiger charge is 2.27. The van der Waals surface area contributed by atoms with E-state index in [-0.39, 0.29) is 30.2 Å². The highest BCUT2D eigenvalue weighted by Crippen LogP contribution is 2.30. The van der Waals surface area contributed by atoms with Crippen molar-refractivity contribution in [3.8, 4) is 17.9 Å². The molecule has 3 rings (SSSR count). The molecule has 28 heavy (non-hydrogen) atoms. The van der Waals surface area contributed by atoms with Crippen molar-refractivity contribution in [2.45, 2.75) is 38.6 Å². The Balaban J connectivity index is 1.60. The molecular weight excluding hydrogens is 352 g/mol. The van der Waals surface area contributed by atoms with Crippen molar-refractivity contribution in [3.05, 3.63) is 34.9 Å². The zero-order valence-corrected chi connectivity index (χ0v) is 16.3. The summed E-state index contributed by atoms with van der Waals surface area (Å²) in [6.07, 6.45) is 2.34. The van der Waals surface area contributed by atoms with E-state index >= 15 is 0 Å². The number of carbonyl (C=O) groups is 2. The standard InChI is InChI=1S/C22H26N4O2/c1-16-20-5-4-17(15-19(20)9-14-26(16)21(27)6-10-23)3-2-11-25-12-7-18(8-13-25)22(24)28/h4-5,15-16,18H,6-9,11-14H2,1H3,(H2,24,28). The molecule has 0 saturated carbocycles. The largest absolute Gasteiger partial charge is 0.369 e. The second-order valence-corrected chi connectivity index (χ2v) is 7.52. The molecule has 0 aromatic heterocycles. The zero-order valence-electron chi connectivity index (χ0n) is 16.3. The Hall–Kier alpha value is -2.83. The van der Waals surface area contributed by atoms with Crippen LogP contribution in [0.1, 0.15) is 48.9 Å². The first-order valence-electron chi connectivity index (χ1n) is 9.79. The predicted octanol–water partition coefficient (Wildman–Crippen LogP) is 1.59. The molecule has 1 aromatic carbocycles. The Morgan fingerprint density at radius 3 is 2.68 bits per heavy atom. The van der Waals surface area contributed by atoms with Crippen molar-refractivity contribution in [2.24, 2.45) is 11.7 Å². The topological polar surface area (TPSA) is 90.4 Å². The van der Waals surface area contributed by atoms with Gasteiger partial charge in [0.05, 0.1) is 18.7 Å². The van der Waals surface area contributed by atoms with E-state index in [0.29, 0.717) is 13.1 Å². The first-order chi connectivity index (χ1) is 13.5. The van der Waals surface area contributed by atoms with Crippen LogP contribution in [-0.2, 0) is 16.0 Å². The van der Waals surface area contributed by atoms with Gasteiger partial charge < -0.3 is 10.6 Å². The molecule has 2 heterocycles. The van der Waals surface area contributed by atoms with E-state index in [2.05, 4.69) is 22.8 Å². The summed E-state index contributed by atoms with van der Waals surface area (Å²) in [6, 6.07) is 8.09. The molecular formula is C22H26N4O2. The molecule has 1 aromatic rings. The zero-order chi connectivity index (χ0) is 20.1. The number of primary amides is 1. The molecule has 2 aliphatic heterocycles. The lowest BCUT2D eigenvalue weighted by Crippen LogP contribution is -2.38. The number of piperidine rings is 1. The number of carbonyl (C=O) groups excluding carboxylic acids is 2. The van der Waals surface area contributed by atoms with Crippen molar-refractivity contribution >= 4 is 11.8 Å². The van der Waals surface area contributed by atoms with E-state index in [1.54, 1.807) is 4.90 Å². The van der Waals surface area contributed by atoms with Crippen molar-refractivity contribution in [1.29, 1.82) is 5.26 Å². The van der Waals surface area contributed by atoms with Crippen LogP contribution >= 0.6 is 0 Å². The van der Waals surface area contributed by atoms with E-state index in [0.717, 1.165) is 43.5 Å². The SMILES string of the molecule is CC1c2ccc(C#CCN3CCC(C(N)=O)CC3)cc2CCN1C(=O)CC#N. The van der Waals surface area contributed by atoms with Crippen LogP contribution in [-0.4, -0.2) is 47.8 Å². The monoisotopic (exact) mass is 378 g/mol. The third-order valence-electron chi connectivity index (χ3n) is 5.76. The molecule has 1 fully saturated rings. The average molecular weight is 378 g/mol. The summed E-state index contributed by atoms with van der Waals surface area (Å²) >= 11 is 0. The van der Waals surface area contributed by atoms with Crippen LogP contribution < -0.4 is 5.73 Å². The lowest BCUT2D eigenvalue weighted by atomic mass is 9.91. The Morgan fingerprint density at radius 2 is 2.00 bits per heavy atom. The summed E-state index contributed by atoms with van der Waals surface area (Å²) in [5.41, 5.74) is 8.71. The van der Waals surface area contributed by atoms with Crippen molar-refractivity contribution in [1.82, 2.24) is 9.80 Å². The average Bonchev–Trinajstić information content (AvgIpc) is 2.69. The second-order valence-electron chi connectivity index (χ2n) is 7.52. The molecule has 1 atom stereocenters. The number of benzene rings is 1. The Bertz CT molecular complexity index is 854. The number of nitrogens with zero attached hydrogens (tertiary/aromatic N) is 3. The minimum atomic E-state index is -0.193. The molecule has 6 heteroatoms. The normalized spacial score (nSPS) is 19.9. The highest BCUT2D eigenvalue weighted by atomic mass is 16.2. The number of rotatable bonds is 3. The summed E-state index contributed by atoms with van der Waals surface area (Å²) in [4.78, 5) is 27.4. The van der Waals surface area contributed by atoms with E-state index < -0.39 is 0 Å². The summed E-state index contributed by atoms with van der Waals surface area (Å²) in [5, 5.41) is 8.76. The van der Waals surface area contributed by atoms with Gasteiger partial charge in [0.25, 0.3) is 0 Å². The third-order valence-corrected chi connectivity index (χ3v) is 5.76. The van der Waals surface area contributed by atoms with Crippen molar-refractivity contribution < 1.29 is 9.59 Å². The number of nitriles is 1. The van der Waals surface area contributed by atoms with Gasteiger partial charge in [-0.15, -0.1) is 0 Å². The van der Waals surface area contributed by atoms with Gasteiger partial charge in [-0.05, 0) is 62.5 Å². The Kier molecular flexibility index (Phi) is 6.34. The number of nitrogens with two attached hydrogens (primary N) is 1. The smallest absolute Gasteiger partial charge is 0.237 e. The van der Waals surface area contributed by atoms with Gasteiger partial charge in [-0.3, -0.25) is 14.5 Å². The fourth-order valence-electron chi connectivity index (χ4n) is 4.05.